The number of hydrogen-bond acceptors (Lipinski definition) is 3. The molecule has 0 radical (unpaired) electrons. The van der Waals surface area contributed by atoms with E-state index in [0.717, 1.165) is 30.8 Å². The quantitative estimate of drug-likeness (QED) is 0.637. The zero-order valence-corrected chi connectivity index (χ0v) is 18.0. The summed E-state index contributed by atoms with van der Waals surface area (Å²) in [6.45, 7) is 16.2. The van der Waals surface area contributed by atoms with Crippen LogP contribution in [0.1, 0.15) is 45.1 Å². The van der Waals surface area contributed by atoms with E-state index < -0.39 is 0 Å². The molecule has 1 aromatic carbocycles. The molecule has 1 heterocycles. The Balaban J connectivity index is 0.00000134. The molecule has 2 nitrogen and oxygen atoms in total. The van der Waals surface area contributed by atoms with Crippen molar-refractivity contribution in [2.75, 3.05) is 27.2 Å². The van der Waals surface area contributed by atoms with Crippen molar-refractivity contribution in [3.63, 3.8) is 0 Å². The van der Waals surface area contributed by atoms with E-state index in [9.17, 15) is 0 Å². The first-order valence-electron chi connectivity index (χ1n) is 9.37. The van der Waals surface area contributed by atoms with Crippen LogP contribution in [0.3, 0.4) is 0 Å². The molecular weight excluding hydrogens is 324 g/mol. The van der Waals surface area contributed by atoms with Crippen LogP contribution in [0.4, 0.5) is 0 Å². The van der Waals surface area contributed by atoms with Gasteiger partial charge in [-0.3, -0.25) is 0 Å². The highest BCUT2D eigenvalue weighted by Gasteiger charge is 2.03. The zero-order valence-electron chi connectivity index (χ0n) is 17.1. The fraction of sp³-hybridized carbons (Fsp3) is 0.455. The van der Waals surface area contributed by atoms with Crippen molar-refractivity contribution < 1.29 is 0 Å². The van der Waals surface area contributed by atoms with Gasteiger partial charge in [0.15, 0.2) is 0 Å². The first-order chi connectivity index (χ1) is 12.1. The second-order valence-corrected chi connectivity index (χ2v) is 6.57. The Morgan fingerprint density at radius 3 is 2.08 bits per heavy atom. The Hall–Kier alpha value is -1.58. The van der Waals surface area contributed by atoms with Crippen molar-refractivity contribution in [1.29, 1.82) is 0 Å². The highest BCUT2D eigenvalue weighted by Crippen LogP contribution is 2.29. The predicted molar refractivity (Wildman–Crippen MR) is 117 cm³/mol. The molecule has 0 unspecified atom stereocenters. The molecule has 0 amide bonds. The lowest BCUT2D eigenvalue weighted by Gasteiger charge is -2.13. The molecule has 0 aliphatic carbocycles. The molecule has 2 rings (SSSR count). The molecule has 1 aromatic heterocycles. The van der Waals surface area contributed by atoms with Gasteiger partial charge in [-0.2, -0.15) is 0 Å². The van der Waals surface area contributed by atoms with E-state index >= 15 is 0 Å². The first kappa shape index (κ1) is 23.4. The summed E-state index contributed by atoms with van der Waals surface area (Å²) in [5.41, 5.74) is 3.43. The summed E-state index contributed by atoms with van der Waals surface area (Å²) >= 11 is 1.87. The van der Waals surface area contributed by atoms with Gasteiger partial charge in [0.25, 0.3) is 0 Å². The lowest BCUT2D eigenvalue weighted by molar-refractivity contribution is 0.411. The van der Waals surface area contributed by atoms with Gasteiger partial charge in [0, 0.05) is 28.5 Å². The van der Waals surface area contributed by atoms with Crippen LogP contribution in [0.5, 0.6) is 0 Å². The average Bonchev–Trinajstić information content (AvgIpc) is 3.14. The molecule has 0 fully saturated rings. The fourth-order valence-corrected chi connectivity index (χ4v) is 3.04. The second-order valence-electron chi connectivity index (χ2n) is 5.41. The molecule has 3 heteroatoms. The number of likely N-dealkylation sites (N-methyl/N-ethyl adjacent to an activating group) is 1. The van der Waals surface area contributed by atoms with Gasteiger partial charge in [0.05, 0.1) is 0 Å². The monoisotopic (exact) mass is 360 g/mol. The summed E-state index contributed by atoms with van der Waals surface area (Å²) in [6, 6.07) is 13.1. The van der Waals surface area contributed by atoms with Crippen LogP contribution in [0.15, 0.2) is 43.0 Å². The lowest BCUT2D eigenvalue weighted by Crippen LogP contribution is -2.25. The van der Waals surface area contributed by atoms with Crippen molar-refractivity contribution in [2.45, 2.75) is 41.0 Å². The molecule has 0 atom stereocenters. The number of aryl methyl sites for hydroxylation is 1. The molecule has 2 aromatic rings. The summed E-state index contributed by atoms with van der Waals surface area (Å²) in [5, 5.41) is 3.37. The standard InChI is InChI=1S/C18H24N2S.2C2H6/c1-5-17-10-11-18(21-17)16-8-6-15(7-9-16)14(2)19-12-13-20(3)4;2*1-2/h6-11,19H,2,5,12-13H2,1,3-4H3;2*1-2H3. The molecule has 0 saturated carbocycles. The minimum Gasteiger partial charge on any atom is -0.384 e. The van der Waals surface area contributed by atoms with Gasteiger partial charge < -0.3 is 10.2 Å². The third-order valence-corrected chi connectivity index (χ3v) is 4.70. The van der Waals surface area contributed by atoms with Gasteiger partial charge in [-0.05, 0) is 43.8 Å². The second kappa shape index (κ2) is 13.7. The van der Waals surface area contributed by atoms with Crippen LogP contribution in [0, 0.1) is 0 Å². The van der Waals surface area contributed by atoms with E-state index in [1.54, 1.807) is 0 Å². The molecule has 0 bridgehead atoms. The zero-order chi connectivity index (χ0) is 19.2. The molecule has 0 aliphatic rings. The highest BCUT2D eigenvalue weighted by molar-refractivity contribution is 7.15. The van der Waals surface area contributed by atoms with Crippen molar-refractivity contribution >= 4 is 17.0 Å². The summed E-state index contributed by atoms with van der Waals surface area (Å²) in [6.07, 6.45) is 1.11. The van der Waals surface area contributed by atoms with Crippen molar-refractivity contribution in [3.8, 4) is 10.4 Å². The van der Waals surface area contributed by atoms with Crippen molar-refractivity contribution in [2.24, 2.45) is 0 Å². The van der Waals surface area contributed by atoms with E-state index in [1.807, 2.05) is 39.0 Å². The highest BCUT2D eigenvalue weighted by atomic mass is 32.1. The van der Waals surface area contributed by atoms with Gasteiger partial charge >= 0.3 is 0 Å². The summed E-state index contributed by atoms with van der Waals surface area (Å²) < 4.78 is 0. The van der Waals surface area contributed by atoms with Crippen molar-refractivity contribution in [3.05, 3.63) is 53.4 Å². The number of thiophene rings is 1. The van der Waals surface area contributed by atoms with Crippen LogP contribution in [-0.2, 0) is 6.42 Å². The molecule has 0 spiro atoms. The minimum atomic E-state index is 0.915. The van der Waals surface area contributed by atoms with Crippen LogP contribution < -0.4 is 5.32 Å². The normalized spacial score (nSPS) is 9.60. The predicted octanol–water partition coefficient (Wildman–Crippen LogP) is 6.15. The maximum Gasteiger partial charge on any atom is 0.0345 e. The van der Waals surface area contributed by atoms with E-state index in [1.165, 1.54) is 15.3 Å². The number of benzene rings is 1. The average molecular weight is 361 g/mol. The number of hydrogen-bond donors (Lipinski definition) is 1. The topological polar surface area (TPSA) is 15.3 Å². The van der Waals surface area contributed by atoms with E-state index in [0.29, 0.717) is 0 Å². The lowest BCUT2D eigenvalue weighted by atomic mass is 10.1. The van der Waals surface area contributed by atoms with Gasteiger partial charge in [-0.15, -0.1) is 11.3 Å². The Labute approximate surface area is 159 Å². The van der Waals surface area contributed by atoms with Crippen LogP contribution in [0.2, 0.25) is 0 Å². The fourth-order valence-electron chi connectivity index (χ4n) is 2.09. The van der Waals surface area contributed by atoms with E-state index in [4.69, 9.17) is 0 Å². The smallest absolute Gasteiger partial charge is 0.0345 e. The van der Waals surface area contributed by atoms with Crippen LogP contribution in [-0.4, -0.2) is 32.1 Å². The van der Waals surface area contributed by atoms with Gasteiger partial charge in [0.2, 0.25) is 0 Å². The van der Waals surface area contributed by atoms with Crippen molar-refractivity contribution in [1.82, 2.24) is 10.2 Å². The summed E-state index contributed by atoms with van der Waals surface area (Å²) in [7, 11) is 4.15. The molecule has 25 heavy (non-hydrogen) atoms. The Morgan fingerprint density at radius 1 is 1.00 bits per heavy atom. The van der Waals surface area contributed by atoms with Crippen LogP contribution >= 0.6 is 11.3 Å². The summed E-state index contributed by atoms with van der Waals surface area (Å²) in [5.74, 6) is 0. The number of nitrogens with zero attached hydrogens (tertiary/aromatic N) is 1. The Morgan fingerprint density at radius 2 is 1.60 bits per heavy atom. The third kappa shape index (κ3) is 8.37. The van der Waals surface area contributed by atoms with Gasteiger partial charge in [-0.25, -0.2) is 0 Å². The van der Waals surface area contributed by atoms with Gasteiger partial charge in [0.1, 0.15) is 0 Å². The van der Waals surface area contributed by atoms with E-state index in [2.05, 4.69) is 74.2 Å². The maximum atomic E-state index is 4.11. The Bertz CT molecular complexity index is 582. The van der Waals surface area contributed by atoms with E-state index in [-0.39, 0.29) is 0 Å². The van der Waals surface area contributed by atoms with Crippen LogP contribution in [0.25, 0.3) is 16.1 Å². The molecular formula is C22H36N2S. The molecule has 0 saturated heterocycles. The number of nitrogens with one attached hydrogen (secondary N) is 1. The minimum absolute atomic E-state index is 0.915. The van der Waals surface area contributed by atoms with Gasteiger partial charge in [-0.1, -0.05) is 65.5 Å². The SMILES string of the molecule is C=C(NCCN(C)C)c1ccc(-c2ccc(CC)s2)cc1.CC.CC. The summed E-state index contributed by atoms with van der Waals surface area (Å²) in [4.78, 5) is 4.93. The largest absolute Gasteiger partial charge is 0.384 e. The molecule has 140 valence electrons. The third-order valence-electron chi connectivity index (χ3n) is 3.43. The maximum absolute atomic E-state index is 4.11. The Kier molecular flexibility index (Phi) is 12.8. The molecule has 1 N–H and O–H groups in total. The first-order valence-corrected chi connectivity index (χ1v) is 10.2. The molecule has 0 aliphatic heterocycles. The number of rotatable bonds is 7.